The monoisotopic (exact) mass is 453 g/mol. The molecule has 4 heterocycles. The van der Waals surface area contributed by atoms with Gasteiger partial charge in [-0.25, -0.2) is 15.0 Å². The normalized spacial score (nSPS) is 15.3. The molecule has 1 aliphatic heterocycles. The number of carbonyl (C=O) groups excluding carboxylic acids is 1. The molecule has 0 spiro atoms. The van der Waals surface area contributed by atoms with Crippen LogP contribution in [0, 0.1) is 0 Å². The van der Waals surface area contributed by atoms with Crippen molar-refractivity contribution in [2.75, 3.05) is 32.6 Å². The first-order valence-electron chi connectivity index (χ1n) is 9.68. The van der Waals surface area contributed by atoms with Crippen LogP contribution in [0.5, 0.6) is 0 Å². The molecule has 3 aromatic heterocycles. The molecule has 1 unspecified atom stereocenters. The van der Waals surface area contributed by atoms with E-state index in [0.717, 1.165) is 22.2 Å². The topological polar surface area (TPSA) is 90.2 Å². The van der Waals surface area contributed by atoms with E-state index in [0.29, 0.717) is 42.7 Å². The van der Waals surface area contributed by atoms with Crippen LogP contribution in [0.4, 0.5) is 0 Å². The zero-order valence-electron chi connectivity index (χ0n) is 16.7. The minimum Gasteiger partial charge on any atom is -0.378 e. The van der Waals surface area contributed by atoms with Gasteiger partial charge >= 0.3 is 0 Å². The Morgan fingerprint density at radius 1 is 1.16 bits per heavy atom. The highest BCUT2D eigenvalue weighted by atomic mass is 32.2. The van der Waals surface area contributed by atoms with Gasteiger partial charge in [-0.2, -0.15) is 0 Å². The van der Waals surface area contributed by atoms with Crippen molar-refractivity contribution in [3.05, 3.63) is 53.2 Å². The van der Waals surface area contributed by atoms with Crippen molar-refractivity contribution in [3.63, 3.8) is 0 Å². The van der Waals surface area contributed by atoms with Gasteiger partial charge in [-0.15, -0.1) is 11.3 Å². The lowest BCUT2D eigenvalue weighted by molar-refractivity contribution is 0.0303. The summed E-state index contributed by atoms with van der Waals surface area (Å²) >= 11 is 1.51. The van der Waals surface area contributed by atoms with Crippen molar-refractivity contribution in [2.24, 2.45) is 0 Å². The number of thiazole rings is 1. The third-order valence-corrected chi connectivity index (χ3v) is 6.74. The Bertz CT molecular complexity index is 1260. The second-order valence-electron chi connectivity index (χ2n) is 7.10. The summed E-state index contributed by atoms with van der Waals surface area (Å²) < 4.78 is 19.5. The lowest BCUT2D eigenvalue weighted by Crippen LogP contribution is -2.40. The van der Waals surface area contributed by atoms with Crippen molar-refractivity contribution in [3.8, 4) is 17.2 Å². The predicted molar refractivity (Wildman–Crippen MR) is 119 cm³/mol. The Kier molecular flexibility index (Phi) is 5.34. The van der Waals surface area contributed by atoms with Gasteiger partial charge in [0.15, 0.2) is 0 Å². The van der Waals surface area contributed by atoms with Crippen LogP contribution < -0.4 is 0 Å². The molecule has 0 radical (unpaired) electrons. The quantitative estimate of drug-likeness (QED) is 0.472. The molecule has 10 heteroatoms. The van der Waals surface area contributed by atoms with Crippen molar-refractivity contribution >= 4 is 38.9 Å². The maximum Gasteiger partial charge on any atom is 0.254 e. The number of ether oxygens (including phenoxy) is 1. The predicted octanol–water partition coefficient (Wildman–Crippen LogP) is 2.75. The van der Waals surface area contributed by atoms with Gasteiger partial charge in [-0.3, -0.25) is 13.6 Å². The molecule has 0 saturated carbocycles. The third kappa shape index (κ3) is 3.78. The van der Waals surface area contributed by atoms with Crippen molar-refractivity contribution in [1.29, 1.82) is 0 Å². The van der Waals surface area contributed by atoms with Crippen molar-refractivity contribution in [1.82, 2.24) is 24.4 Å². The molecule has 1 aromatic carbocycles. The number of amides is 1. The molecule has 31 heavy (non-hydrogen) atoms. The van der Waals surface area contributed by atoms with Gasteiger partial charge in [0.05, 0.1) is 45.6 Å². The van der Waals surface area contributed by atoms with E-state index in [1.807, 2.05) is 17.5 Å². The smallest absolute Gasteiger partial charge is 0.254 e. The largest absolute Gasteiger partial charge is 0.378 e. The van der Waals surface area contributed by atoms with E-state index < -0.39 is 10.8 Å². The SMILES string of the molecule is CS(=O)c1cn(-c2ncc(-c3cscn3)cn2)c2cc(C(=O)N3CCOCC3)ccc12. The van der Waals surface area contributed by atoms with Crippen LogP contribution in [0.15, 0.2) is 52.6 Å². The van der Waals surface area contributed by atoms with Gasteiger partial charge in [0.25, 0.3) is 5.91 Å². The number of hydrogen-bond donors (Lipinski definition) is 0. The molecule has 4 aromatic rings. The number of benzene rings is 1. The summed E-state index contributed by atoms with van der Waals surface area (Å²) in [6.07, 6.45) is 6.85. The van der Waals surface area contributed by atoms with Gasteiger partial charge in [0.1, 0.15) is 0 Å². The fourth-order valence-electron chi connectivity index (χ4n) is 3.61. The van der Waals surface area contributed by atoms with Gasteiger partial charge in [0.2, 0.25) is 5.95 Å². The van der Waals surface area contributed by atoms with Crippen LogP contribution >= 0.6 is 11.3 Å². The molecular formula is C21H19N5O3S2. The highest BCUT2D eigenvalue weighted by molar-refractivity contribution is 7.84. The van der Waals surface area contributed by atoms with E-state index in [1.165, 1.54) is 11.3 Å². The zero-order valence-corrected chi connectivity index (χ0v) is 18.4. The molecule has 8 nitrogen and oxygen atoms in total. The van der Waals surface area contributed by atoms with Crippen LogP contribution in [0.1, 0.15) is 10.4 Å². The second-order valence-corrected chi connectivity index (χ2v) is 9.17. The number of rotatable bonds is 4. The molecule has 5 rings (SSSR count). The number of hydrogen-bond acceptors (Lipinski definition) is 7. The second kappa shape index (κ2) is 8.29. The molecule has 1 saturated heterocycles. The van der Waals surface area contributed by atoms with Crippen molar-refractivity contribution in [2.45, 2.75) is 4.90 Å². The number of carbonyl (C=O) groups is 1. The average Bonchev–Trinajstić information content (AvgIpc) is 3.47. The summed E-state index contributed by atoms with van der Waals surface area (Å²) in [5.41, 5.74) is 4.72. The standard InChI is InChI=1S/C21H19N5O3S2/c1-31(28)19-11-26(21-22-9-15(10-23-21)17-12-30-13-24-17)18-8-14(2-3-16(18)19)20(27)25-4-6-29-7-5-25/h2-3,8-13H,4-7H2,1H3. The third-order valence-electron chi connectivity index (χ3n) is 5.21. The number of nitrogens with zero attached hydrogens (tertiary/aromatic N) is 5. The molecular weight excluding hydrogens is 434 g/mol. The highest BCUT2D eigenvalue weighted by Gasteiger charge is 2.21. The van der Waals surface area contributed by atoms with Crippen LogP contribution in [-0.2, 0) is 15.5 Å². The van der Waals surface area contributed by atoms with Gasteiger partial charge < -0.3 is 9.64 Å². The Hall–Kier alpha value is -2.95. The summed E-state index contributed by atoms with van der Waals surface area (Å²) in [7, 11) is -1.20. The highest BCUT2D eigenvalue weighted by Crippen LogP contribution is 2.28. The van der Waals surface area contributed by atoms with Gasteiger partial charge in [-0.05, 0) is 12.1 Å². The Morgan fingerprint density at radius 3 is 2.61 bits per heavy atom. The Morgan fingerprint density at radius 2 is 1.94 bits per heavy atom. The zero-order chi connectivity index (χ0) is 21.4. The average molecular weight is 454 g/mol. The summed E-state index contributed by atoms with van der Waals surface area (Å²) in [5.74, 6) is 0.397. The molecule has 1 amide bonds. The van der Waals surface area contributed by atoms with Crippen LogP contribution in [-0.4, -0.2) is 67.1 Å². The van der Waals surface area contributed by atoms with Crippen molar-refractivity contribution < 1.29 is 13.7 Å². The molecule has 1 fully saturated rings. The van der Waals surface area contributed by atoms with E-state index in [4.69, 9.17) is 4.74 Å². The van der Waals surface area contributed by atoms with Crippen LogP contribution in [0.3, 0.4) is 0 Å². The van der Waals surface area contributed by atoms with Crippen LogP contribution in [0.2, 0.25) is 0 Å². The first-order valence-corrected chi connectivity index (χ1v) is 12.2. The molecule has 1 aliphatic rings. The minimum absolute atomic E-state index is 0.0445. The van der Waals surface area contributed by atoms with E-state index in [1.54, 1.807) is 45.9 Å². The first kappa shape index (κ1) is 20.0. The van der Waals surface area contributed by atoms with Gasteiger partial charge in [-0.1, -0.05) is 6.07 Å². The summed E-state index contributed by atoms with van der Waals surface area (Å²) in [5, 5.41) is 2.75. The number of fused-ring (bicyclic) bond motifs is 1. The molecule has 0 bridgehead atoms. The summed E-state index contributed by atoms with van der Waals surface area (Å²) in [6, 6.07) is 5.45. The Labute approximate surface area is 185 Å². The maximum atomic E-state index is 13.0. The molecule has 0 N–H and O–H groups in total. The van der Waals surface area contributed by atoms with E-state index in [9.17, 15) is 9.00 Å². The van der Waals surface area contributed by atoms with Crippen LogP contribution in [0.25, 0.3) is 28.1 Å². The first-order chi connectivity index (χ1) is 15.1. The molecule has 0 aliphatic carbocycles. The maximum absolute atomic E-state index is 13.0. The van der Waals surface area contributed by atoms with E-state index in [-0.39, 0.29) is 5.91 Å². The summed E-state index contributed by atoms with van der Waals surface area (Å²) in [4.78, 5) is 28.7. The fraction of sp³-hybridized carbons (Fsp3) is 0.238. The number of aromatic nitrogens is 4. The lowest BCUT2D eigenvalue weighted by atomic mass is 10.1. The van der Waals surface area contributed by atoms with Gasteiger partial charge in [0, 0.05) is 59.8 Å². The van der Waals surface area contributed by atoms with E-state index >= 15 is 0 Å². The number of morpholine rings is 1. The van der Waals surface area contributed by atoms with E-state index in [2.05, 4.69) is 15.0 Å². The minimum atomic E-state index is -1.20. The molecule has 158 valence electrons. The summed E-state index contributed by atoms with van der Waals surface area (Å²) in [6.45, 7) is 2.23. The molecule has 1 atom stereocenters. The lowest BCUT2D eigenvalue weighted by Gasteiger charge is -2.26. The fourth-order valence-corrected chi connectivity index (χ4v) is 4.90. The Balaban J connectivity index is 1.58.